The van der Waals surface area contributed by atoms with Crippen molar-refractivity contribution in [2.24, 2.45) is 0 Å². The van der Waals surface area contributed by atoms with E-state index in [-0.39, 0.29) is 28.2 Å². The Bertz CT molecular complexity index is 982. The molecule has 0 aliphatic heterocycles. The topological polar surface area (TPSA) is 70.9 Å². The first kappa shape index (κ1) is 14.6. The van der Waals surface area contributed by atoms with Crippen molar-refractivity contribution in [1.29, 1.82) is 0 Å². The maximum atomic E-state index is 12.0. The molecule has 0 aliphatic carbocycles. The molecule has 3 aromatic rings. The van der Waals surface area contributed by atoms with Crippen LogP contribution in [0.4, 0.5) is 5.69 Å². The van der Waals surface area contributed by atoms with Crippen LogP contribution in [0, 0.1) is 6.92 Å². The molecule has 2 aromatic heterocycles. The first-order chi connectivity index (χ1) is 11.4. The van der Waals surface area contributed by atoms with Crippen molar-refractivity contribution < 1.29 is 5.79 Å². The molecule has 0 unspecified atom stereocenters. The van der Waals surface area contributed by atoms with Crippen LogP contribution in [0.15, 0.2) is 27.4 Å². The quantitative estimate of drug-likeness (QED) is 0.733. The number of aromatic nitrogens is 2. The van der Waals surface area contributed by atoms with Crippen LogP contribution in [-0.4, -0.2) is 9.97 Å². The molecule has 1 aromatic carbocycles. The van der Waals surface area contributed by atoms with E-state index in [1.54, 1.807) is 0 Å². The zero-order valence-electron chi connectivity index (χ0n) is 13.6. The van der Waals surface area contributed by atoms with E-state index in [1.807, 2.05) is 19.9 Å². The molecule has 23 heavy (non-hydrogen) atoms. The third kappa shape index (κ3) is 3.07. The summed E-state index contributed by atoms with van der Waals surface area (Å²) < 4.78 is 13.3. The Morgan fingerprint density at radius 1 is 1.43 bits per heavy atom. The summed E-state index contributed by atoms with van der Waals surface area (Å²) in [6.07, 6.45) is 0.817. The molecule has 0 radical (unpaired) electrons. The average Bonchev–Trinajstić information content (AvgIpc) is 2.97. The number of pyridine rings is 1. The minimum Gasteiger partial charge on any atom is -0.437 e. The van der Waals surface area contributed by atoms with Gasteiger partial charge in [0.15, 0.2) is 5.58 Å². The van der Waals surface area contributed by atoms with Crippen LogP contribution in [0.2, 0.25) is 10.0 Å². The number of hydrogen-bond acceptors (Lipinski definition) is 4. The Balaban J connectivity index is 1.90. The number of fused-ring (bicyclic) bond motifs is 1. The van der Waals surface area contributed by atoms with Gasteiger partial charge >= 0.3 is 0 Å². The number of aryl methyl sites for hydroxylation is 2. The van der Waals surface area contributed by atoms with E-state index in [4.69, 9.17) is 29.0 Å². The van der Waals surface area contributed by atoms with Crippen LogP contribution in [0.1, 0.15) is 25.4 Å². The summed E-state index contributed by atoms with van der Waals surface area (Å²) in [4.78, 5) is 19.1. The van der Waals surface area contributed by atoms with Gasteiger partial charge in [0.2, 0.25) is 5.89 Å². The van der Waals surface area contributed by atoms with Crippen molar-refractivity contribution in [3.8, 4) is 0 Å². The fourth-order valence-electron chi connectivity index (χ4n) is 2.35. The summed E-state index contributed by atoms with van der Waals surface area (Å²) >= 11 is 12.1. The predicted octanol–water partition coefficient (Wildman–Crippen LogP) is 4.31. The van der Waals surface area contributed by atoms with E-state index >= 15 is 0 Å². The van der Waals surface area contributed by atoms with Gasteiger partial charge in [-0.3, -0.25) is 4.79 Å². The van der Waals surface area contributed by atoms with Gasteiger partial charge in [0.1, 0.15) is 11.2 Å². The van der Waals surface area contributed by atoms with Crippen molar-refractivity contribution in [1.82, 2.24) is 9.97 Å². The number of nitrogens with one attached hydrogen (secondary N) is 2. The van der Waals surface area contributed by atoms with Gasteiger partial charge in [0, 0.05) is 5.69 Å². The summed E-state index contributed by atoms with van der Waals surface area (Å²) in [6, 6.07) is 3.32. The minimum atomic E-state index is -0.203. The standard InChI is InChI=1S/C16H15Cl2N3O2/c1-3-9-6-12(16(22)20-8(9)2)19-7-13-21-14-10(17)4-5-11(18)15(14)23-13/h4-6,19H,3,7H2,1-2H3,(H,20,22)/i4T. The summed E-state index contributed by atoms with van der Waals surface area (Å²) in [5.74, 6) is 0.331. The Labute approximate surface area is 144 Å². The lowest BCUT2D eigenvalue weighted by Crippen LogP contribution is -2.16. The SMILES string of the molecule is [3H]c1cc(Cl)c2oc(CNc3cc(CC)c(C)[nH]c3=O)nc2c1Cl. The third-order valence-electron chi connectivity index (χ3n) is 3.58. The van der Waals surface area contributed by atoms with Crippen LogP contribution in [0.3, 0.4) is 0 Å². The zero-order valence-corrected chi connectivity index (χ0v) is 14.1. The van der Waals surface area contributed by atoms with E-state index in [0.29, 0.717) is 22.7 Å². The smallest absolute Gasteiger partial charge is 0.271 e. The molecule has 2 heterocycles. The van der Waals surface area contributed by atoms with Crippen molar-refractivity contribution in [3.63, 3.8) is 0 Å². The molecule has 0 amide bonds. The highest BCUT2D eigenvalue weighted by molar-refractivity contribution is 6.39. The van der Waals surface area contributed by atoms with Crippen molar-refractivity contribution in [2.75, 3.05) is 5.32 Å². The van der Waals surface area contributed by atoms with Crippen LogP contribution in [0.25, 0.3) is 11.1 Å². The molecular weight excluding hydrogens is 337 g/mol. The molecule has 3 rings (SSSR count). The van der Waals surface area contributed by atoms with Gasteiger partial charge in [-0.25, -0.2) is 4.98 Å². The van der Waals surface area contributed by atoms with E-state index < -0.39 is 0 Å². The summed E-state index contributed by atoms with van der Waals surface area (Å²) in [7, 11) is 0. The van der Waals surface area contributed by atoms with E-state index in [2.05, 4.69) is 15.3 Å². The number of hydrogen-bond donors (Lipinski definition) is 2. The highest BCUT2D eigenvalue weighted by atomic mass is 35.5. The Hall–Kier alpha value is -1.98. The first-order valence-corrected chi connectivity index (χ1v) is 7.87. The monoisotopic (exact) mass is 353 g/mol. The lowest BCUT2D eigenvalue weighted by molar-refractivity contribution is 0.540. The van der Waals surface area contributed by atoms with Crippen LogP contribution in [-0.2, 0) is 13.0 Å². The van der Waals surface area contributed by atoms with Crippen molar-refractivity contribution in [2.45, 2.75) is 26.8 Å². The molecule has 0 aliphatic rings. The third-order valence-corrected chi connectivity index (χ3v) is 4.15. The second kappa shape index (κ2) is 6.26. The average molecular weight is 354 g/mol. The Morgan fingerprint density at radius 2 is 2.22 bits per heavy atom. The maximum absolute atomic E-state index is 12.0. The second-order valence-electron chi connectivity index (χ2n) is 5.11. The van der Waals surface area contributed by atoms with Crippen molar-refractivity contribution in [3.05, 3.63) is 55.7 Å². The van der Waals surface area contributed by atoms with Gasteiger partial charge in [-0.2, -0.15) is 0 Å². The van der Waals surface area contributed by atoms with Gasteiger partial charge in [-0.1, -0.05) is 30.1 Å². The zero-order chi connectivity index (χ0) is 17.4. The van der Waals surface area contributed by atoms with Gasteiger partial charge in [0.25, 0.3) is 5.56 Å². The number of aromatic amines is 1. The largest absolute Gasteiger partial charge is 0.437 e. The minimum absolute atomic E-state index is 0.0875. The summed E-state index contributed by atoms with van der Waals surface area (Å²) in [5.41, 5.74) is 2.83. The van der Waals surface area contributed by atoms with Gasteiger partial charge in [-0.15, -0.1) is 0 Å². The summed E-state index contributed by atoms with van der Waals surface area (Å²) in [6.45, 7) is 4.09. The molecule has 0 saturated carbocycles. The summed E-state index contributed by atoms with van der Waals surface area (Å²) in [5, 5.41) is 3.48. The molecule has 7 heteroatoms. The highest BCUT2D eigenvalue weighted by Gasteiger charge is 2.13. The van der Waals surface area contributed by atoms with Gasteiger partial charge < -0.3 is 14.7 Å². The van der Waals surface area contributed by atoms with Gasteiger partial charge in [-0.05, 0) is 37.1 Å². The number of rotatable bonds is 4. The predicted molar refractivity (Wildman–Crippen MR) is 92.5 cm³/mol. The van der Waals surface area contributed by atoms with E-state index in [9.17, 15) is 4.79 Å². The van der Waals surface area contributed by atoms with E-state index in [0.717, 1.165) is 17.7 Å². The van der Waals surface area contributed by atoms with E-state index in [1.165, 1.54) is 6.07 Å². The number of oxazole rings is 1. The molecule has 0 fully saturated rings. The lowest BCUT2D eigenvalue weighted by atomic mass is 10.1. The van der Waals surface area contributed by atoms with Crippen LogP contribution < -0.4 is 10.9 Å². The lowest BCUT2D eigenvalue weighted by Gasteiger charge is -2.07. The van der Waals surface area contributed by atoms with Gasteiger partial charge in [0.05, 0.1) is 18.0 Å². The molecular formula is C16H15Cl2N3O2. The molecule has 0 saturated heterocycles. The molecule has 5 nitrogen and oxygen atoms in total. The Morgan fingerprint density at radius 3 is 2.96 bits per heavy atom. The normalized spacial score (nSPS) is 11.7. The molecule has 0 atom stereocenters. The number of H-pyrrole nitrogens is 1. The fraction of sp³-hybridized carbons (Fsp3) is 0.250. The van der Waals surface area contributed by atoms with Crippen LogP contribution >= 0.6 is 23.2 Å². The number of anilines is 1. The molecule has 2 N–H and O–H groups in total. The number of benzene rings is 1. The number of nitrogens with zero attached hydrogens (tertiary/aromatic N) is 1. The van der Waals surface area contributed by atoms with Crippen molar-refractivity contribution >= 4 is 40.0 Å². The fourth-order valence-corrected chi connectivity index (χ4v) is 2.71. The first-order valence-electron chi connectivity index (χ1n) is 7.61. The van der Waals surface area contributed by atoms with Crippen LogP contribution in [0.5, 0.6) is 0 Å². The molecule has 0 bridgehead atoms. The molecule has 120 valence electrons. The number of halogens is 2. The molecule has 0 spiro atoms. The highest BCUT2D eigenvalue weighted by Crippen LogP contribution is 2.30. The Kier molecular flexibility index (Phi) is 3.97. The second-order valence-corrected chi connectivity index (χ2v) is 5.89. The maximum Gasteiger partial charge on any atom is 0.271 e.